The van der Waals surface area contributed by atoms with E-state index in [-0.39, 0.29) is 12.2 Å². The standard InChI is InChI=1S/C9H15N3O4S/c1-7(2)17(15,16)11-3-4-12-5-8(9(13)14)10-6-12/h5-7,11H,3-4H2,1-2H3,(H,13,14). The quantitative estimate of drug-likeness (QED) is 0.745. The third kappa shape index (κ3) is 3.82. The van der Waals surface area contributed by atoms with Crippen molar-refractivity contribution in [3.05, 3.63) is 18.2 Å². The molecule has 1 aromatic heterocycles. The van der Waals surface area contributed by atoms with E-state index >= 15 is 0 Å². The van der Waals surface area contributed by atoms with E-state index in [0.29, 0.717) is 6.54 Å². The molecule has 7 nitrogen and oxygen atoms in total. The van der Waals surface area contributed by atoms with Crippen molar-refractivity contribution in [1.82, 2.24) is 14.3 Å². The van der Waals surface area contributed by atoms with Gasteiger partial charge < -0.3 is 9.67 Å². The predicted octanol–water partition coefficient (Wildman–Crippen LogP) is -0.0909. The Morgan fingerprint density at radius 3 is 2.71 bits per heavy atom. The first-order valence-corrected chi connectivity index (χ1v) is 6.61. The molecule has 0 bridgehead atoms. The number of nitrogens with zero attached hydrogens (tertiary/aromatic N) is 2. The number of sulfonamides is 1. The molecule has 0 spiro atoms. The SMILES string of the molecule is CC(C)S(=O)(=O)NCCn1cnc(C(=O)O)c1. The van der Waals surface area contributed by atoms with Gasteiger partial charge in [0.1, 0.15) is 0 Å². The molecular formula is C9H15N3O4S. The molecule has 96 valence electrons. The van der Waals surface area contributed by atoms with Crippen molar-refractivity contribution in [3.63, 3.8) is 0 Å². The van der Waals surface area contributed by atoms with Crippen LogP contribution in [0.5, 0.6) is 0 Å². The number of hydrogen-bond acceptors (Lipinski definition) is 4. The molecular weight excluding hydrogens is 246 g/mol. The predicted molar refractivity (Wildman–Crippen MR) is 61.2 cm³/mol. The number of carbonyl (C=O) groups is 1. The lowest BCUT2D eigenvalue weighted by molar-refractivity contribution is 0.0691. The molecule has 8 heteroatoms. The van der Waals surface area contributed by atoms with Crippen LogP contribution in [0.3, 0.4) is 0 Å². The highest BCUT2D eigenvalue weighted by Crippen LogP contribution is 1.97. The largest absolute Gasteiger partial charge is 0.476 e. The fraction of sp³-hybridized carbons (Fsp3) is 0.556. The van der Waals surface area contributed by atoms with Crippen molar-refractivity contribution < 1.29 is 18.3 Å². The van der Waals surface area contributed by atoms with Gasteiger partial charge in [0.2, 0.25) is 10.0 Å². The van der Waals surface area contributed by atoms with Crippen molar-refractivity contribution in [1.29, 1.82) is 0 Å². The second-order valence-corrected chi connectivity index (χ2v) is 6.11. The minimum absolute atomic E-state index is 0.0586. The summed E-state index contributed by atoms with van der Waals surface area (Å²) < 4.78 is 26.7. The van der Waals surface area contributed by atoms with E-state index in [2.05, 4.69) is 9.71 Å². The number of imidazole rings is 1. The third-order valence-corrected chi connectivity index (χ3v) is 3.99. The van der Waals surface area contributed by atoms with Gasteiger partial charge in [-0.05, 0) is 13.8 Å². The lowest BCUT2D eigenvalue weighted by atomic mass is 10.5. The van der Waals surface area contributed by atoms with Gasteiger partial charge in [0.15, 0.2) is 5.69 Å². The van der Waals surface area contributed by atoms with Gasteiger partial charge in [-0.1, -0.05) is 0 Å². The molecule has 0 atom stereocenters. The van der Waals surface area contributed by atoms with Crippen LogP contribution in [0.1, 0.15) is 24.3 Å². The topological polar surface area (TPSA) is 101 Å². The number of carboxylic acid groups (broad SMARTS) is 1. The number of aromatic nitrogens is 2. The molecule has 2 N–H and O–H groups in total. The Morgan fingerprint density at radius 1 is 1.59 bits per heavy atom. The summed E-state index contributed by atoms with van der Waals surface area (Å²) in [7, 11) is -3.28. The van der Waals surface area contributed by atoms with Crippen LogP contribution < -0.4 is 4.72 Å². The number of carboxylic acids is 1. The molecule has 1 rings (SSSR count). The Kier molecular flexibility index (Phi) is 4.24. The molecule has 0 aliphatic rings. The van der Waals surface area contributed by atoms with E-state index in [0.717, 1.165) is 0 Å². The molecule has 0 unspecified atom stereocenters. The average molecular weight is 261 g/mol. The van der Waals surface area contributed by atoms with Crippen LogP contribution in [0.25, 0.3) is 0 Å². The van der Waals surface area contributed by atoms with Crippen molar-refractivity contribution in [2.45, 2.75) is 25.6 Å². The van der Waals surface area contributed by atoms with Gasteiger partial charge in [0.05, 0.1) is 11.6 Å². The minimum Gasteiger partial charge on any atom is -0.476 e. The van der Waals surface area contributed by atoms with Gasteiger partial charge in [-0.3, -0.25) is 0 Å². The van der Waals surface area contributed by atoms with Gasteiger partial charge in [0, 0.05) is 19.3 Å². The van der Waals surface area contributed by atoms with Crippen molar-refractivity contribution in [2.24, 2.45) is 0 Å². The minimum atomic E-state index is -3.28. The smallest absolute Gasteiger partial charge is 0.356 e. The second kappa shape index (κ2) is 5.28. The second-order valence-electron chi connectivity index (χ2n) is 3.79. The maximum absolute atomic E-state index is 11.4. The first-order chi connectivity index (χ1) is 7.83. The summed E-state index contributed by atoms with van der Waals surface area (Å²) in [5.41, 5.74) is -0.0586. The molecule has 0 saturated heterocycles. The van der Waals surface area contributed by atoms with Crippen LogP contribution in [0, 0.1) is 0 Å². The lowest BCUT2D eigenvalue weighted by Gasteiger charge is -2.09. The van der Waals surface area contributed by atoms with Crippen LogP contribution in [0.4, 0.5) is 0 Å². The molecule has 0 aliphatic heterocycles. The Hall–Kier alpha value is -1.41. The van der Waals surface area contributed by atoms with Crippen molar-refractivity contribution in [2.75, 3.05) is 6.54 Å². The van der Waals surface area contributed by atoms with Gasteiger partial charge >= 0.3 is 5.97 Å². The number of rotatable bonds is 6. The molecule has 1 aromatic rings. The molecule has 1 heterocycles. The van der Waals surface area contributed by atoms with Crippen LogP contribution in [0.15, 0.2) is 12.5 Å². The maximum atomic E-state index is 11.4. The Labute approximate surface area is 99.5 Å². The highest BCUT2D eigenvalue weighted by molar-refractivity contribution is 7.90. The molecule has 0 aliphatic carbocycles. The molecule has 17 heavy (non-hydrogen) atoms. The van der Waals surface area contributed by atoms with E-state index in [1.165, 1.54) is 17.1 Å². The molecule has 0 amide bonds. The highest BCUT2D eigenvalue weighted by Gasteiger charge is 2.14. The zero-order valence-corrected chi connectivity index (χ0v) is 10.4. The summed E-state index contributed by atoms with van der Waals surface area (Å²) in [5, 5.41) is 8.15. The van der Waals surface area contributed by atoms with Gasteiger partial charge in [-0.25, -0.2) is 22.9 Å². The summed E-state index contributed by atoms with van der Waals surface area (Å²) >= 11 is 0. The number of hydrogen-bond donors (Lipinski definition) is 2. The first kappa shape index (κ1) is 13.7. The molecule has 0 saturated carbocycles. The van der Waals surface area contributed by atoms with Gasteiger partial charge in [-0.2, -0.15) is 0 Å². The van der Waals surface area contributed by atoms with Crippen molar-refractivity contribution >= 4 is 16.0 Å². The lowest BCUT2D eigenvalue weighted by Crippen LogP contribution is -2.33. The summed E-state index contributed by atoms with van der Waals surface area (Å²) in [4.78, 5) is 14.2. The van der Waals surface area contributed by atoms with E-state index in [1.807, 2.05) is 0 Å². The summed E-state index contributed by atoms with van der Waals surface area (Å²) in [6.45, 7) is 3.71. The Bertz CT molecular complexity index is 492. The van der Waals surface area contributed by atoms with Gasteiger partial charge in [-0.15, -0.1) is 0 Å². The maximum Gasteiger partial charge on any atom is 0.356 e. The fourth-order valence-corrected chi connectivity index (χ4v) is 1.79. The Balaban J connectivity index is 2.49. The molecule has 0 aromatic carbocycles. The highest BCUT2D eigenvalue weighted by atomic mass is 32.2. The van der Waals surface area contributed by atoms with Crippen LogP contribution in [-0.2, 0) is 16.6 Å². The zero-order valence-electron chi connectivity index (χ0n) is 9.62. The normalized spacial score (nSPS) is 11.9. The van der Waals surface area contributed by atoms with E-state index in [1.54, 1.807) is 13.8 Å². The summed E-state index contributed by atoms with van der Waals surface area (Å²) in [6.07, 6.45) is 2.71. The molecule has 0 fully saturated rings. The zero-order chi connectivity index (χ0) is 13.1. The average Bonchev–Trinajstić information content (AvgIpc) is 2.66. The van der Waals surface area contributed by atoms with Crippen molar-refractivity contribution in [3.8, 4) is 0 Å². The van der Waals surface area contributed by atoms with E-state index in [4.69, 9.17) is 5.11 Å². The Morgan fingerprint density at radius 2 is 2.24 bits per heavy atom. The first-order valence-electron chi connectivity index (χ1n) is 5.06. The monoisotopic (exact) mass is 261 g/mol. The number of aromatic carboxylic acids is 1. The summed E-state index contributed by atoms with van der Waals surface area (Å²) in [6, 6.07) is 0. The van der Waals surface area contributed by atoms with E-state index in [9.17, 15) is 13.2 Å². The van der Waals surface area contributed by atoms with E-state index < -0.39 is 21.2 Å². The van der Waals surface area contributed by atoms with Crippen LogP contribution >= 0.6 is 0 Å². The van der Waals surface area contributed by atoms with Gasteiger partial charge in [0.25, 0.3) is 0 Å². The fourth-order valence-electron chi connectivity index (χ4n) is 1.08. The van der Waals surface area contributed by atoms with Crippen LogP contribution in [-0.4, -0.2) is 40.8 Å². The van der Waals surface area contributed by atoms with Crippen LogP contribution in [0.2, 0.25) is 0 Å². The third-order valence-electron chi connectivity index (χ3n) is 2.15. The number of nitrogens with one attached hydrogen (secondary N) is 1. The molecule has 0 radical (unpaired) electrons. The summed E-state index contributed by atoms with van der Waals surface area (Å²) in [5.74, 6) is -1.11.